The summed E-state index contributed by atoms with van der Waals surface area (Å²) >= 11 is 0. The summed E-state index contributed by atoms with van der Waals surface area (Å²) in [5, 5.41) is 3.72. The first kappa shape index (κ1) is 14.5. The lowest BCUT2D eigenvalue weighted by molar-refractivity contribution is 0.109. The van der Waals surface area contributed by atoms with E-state index in [-0.39, 0.29) is 0 Å². The van der Waals surface area contributed by atoms with Gasteiger partial charge in [0.05, 0.1) is 0 Å². The first-order valence-corrected chi connectivity index (χ1v) is 7.77. The molecule has 1 aromatic rings. The zero-order valence-corrected chi connectivity index (χ0v) is 12.6. The molecule has 3 unspecified atom stereocenters. The van der Waals surface area contributed by atoms with Crippen LogP contribution in [0.3, 0.4) is 0 Å². The number of nitrogens with one attached hydrogen (secondary N) is 1. The van der Waals surface area contributed by atoms with E-state index in [1.165, 1.54) is 24.9 Å². The van der Waals surface area contributed by atoms with Crippen molar-refractivity contribution in [2.24, 2.45) is 5.92 Å². The fourth-order valence-corrected chi connectivity index (χ4v) is 2.92. The van der Waals surface area contributed by atoms with E-state index in [1.807, 2.05) is 0 Å². The van der Waals surface area contributed by atoms with Gasteiger partial charge in [-0.15, -0.1) is 0 Å². The zero-order chi connectivity index (χ0) is 13.7. The van der Waals surface area contributed by atoms with Gasteiger partial charge in [0.2, 0.25) is 0 Å². The predicted octanol–water partition coefficient (Wildman–Crippen LogP) is 3.46. The summed E-state index contributed by atoms with van der Waals surface area (Å²) in [6.45, 7) is 10.5. The number of hydrogen-bond acceptors (Lipinski definition) is 2. The smallest absolute Gasteiger partial charge is 0.0449 e. The van der Waals surface area contributed by atoms with Crippen LogP contribution in [0.4, 0.5) is 0 Å². The number of nitrogens with zero attached hydrogens (tertiary/aromatic N) is 1. The average molecular weight is 260 g/mol. The largest absolute Gasteiger partial charge is 0.307 e. The van der Waals surface area contributed by atoms with Crippen LogP contribution < -0.4 is 5.32 Å². The topological polar surface area (TPSA) is 15.3 Å². The number of hydrogen-bond donors (Lipinski definition) is 1. The molecule has 0 saturated carbocycles. The van der Waals surface area contributed by atoms with Gasteiger partial charge in [-0.2, -0.15) is 0 Å². The molecule has 106 valence electrons. The Morgan fingerprint density at radius 3 is 2.63 bits per heavy atom. The normalized spacial score (nSPS) is 26.3. The van der Waals surface area contributed by atoms with Crippen molar-refractivity contribution < 1.29 is 0 Å². The molecule has 2 nitrogen and oxygen atoms in total. The molecule has 0 bridgehead atoms. The van der Waals surface area contributed by atoms with Crippen LogP contribution in [0, 0.1) is 5.92 Å². The Balaban J connectivity index is 2.03. The molecule has 1 aromatic carbocycles. The lowest BCUT2D eigenvalue weighted by Crippen LogP contribution is -2.53. The van der Waals surface area contributed by atoms with Gasteiger partial charge in [0.15, 0.2) is 0 Å². The molecular weight excluding hydrogens is 232 g/mol. The molecule has 2 rings (SSSR count). The lowest BCUT2D eigenvalue weighted by Gasteiger charge is -2.41. The molecule has 0 aliphatic carbocycles. The Morgan fingerprint density at radius 1 is 1.26 bits per heavy atom. The third-order valence-corrected chi connectivity index (χ3v) is 4.45. The van der Waals surface area contributed by atoms with Gasteiger partial charge in [0.1, 0.15) is 0 Å². The maximum absolute atomic E-state index is 3.72. The molecule has 1 heterocycles. The highest BCUT2D eigenvalue weighted by molar-refractivity contribution is 5.20. The molecule has 1 saturated heterocycles. The first-order valence-electron chi connectivity index (χ1n) is 7.77. The second kappa shape index (κ2) is 7.06. The van der Waals surface area contributed by atoms with E-state index in [1.54, 1.807) is 0 Å². The second-order valence-corrected chi connectivity index (χ2v) is 5.90. The fourth-order valence-electron chi connectivity index (χ4n) is 2.92. The van der Waals surface area contributed by atoms with Crippen LogP contribution in [-0.4, -0.2) is 30.6 Å². The highest BCUT2D eigenvalue weighted by atomic mass is 15.2. The molecule has 0 spiro atoms. The molecule has 0 aromatic heterocycles. The number of rotatable bonds is 5. The molecule has 1 aliphatic rings. The fraction of sp³-hybridized carbons (Fsp3) is 0.647. The van der Waals surface area contributed by atoms with E-state index in [2.05, 4.69) is 61.3 Å². The van der Waals surface area contributed by atoms with Crippen molar-refractivity contribution in [3.8, 4) is 0 Å². The zero-order valence-electron chi connectivity index (χ0n) is 12.6. The van der Waals surface area contributed by atoms with Crippen LogP contribution in [0.5, 0.6) is 0 Å². The van der Waals surface area contributed by atoms with Gasteiger partial charge < -0.3 is 5.32 Å². The van der Waals surface area contributed by atoms with Crippen LogP contribution in [0.15, 0.2) is 30.3 Å². The molecule has 19 heavy (non-hydrogen) atoms. The highest BCUT2D eigenvalue weighted by Crippen LogP contribution is 2.22. The Labute approximate surface area is 118 Å². The molecule has 1 fully saturated rings. The Hall–Kier alpha value is -0.860. The van der Waals surface area contributed by atoms with Gasteiger partial charge in [-0.05, 0) is 17.9 Å². The molecular formula is C17H28N2. The van der Waals surface area contributed by atoms with Crippen LogP contribution in [-0.2, 0) is 0 Å². The summed E-state index contributed by atoms with van der Waals surface area (Å²) < 4.78 is 0. The van der Waals surface area contributed by atoms with Crippen molar-refractivity contribution >= 4 is 0 Å². The van der Waals surface area contributed by atoms with Crippen molar-refractivity contribution in [3.05, 3.63) is 35.9 Å². The summed E-state index contributed by atoms with van der Waals surface area (Å²) in [5.41, 5.74) is 1.42. The van der Waals surface area contributed by atoms with Crippen molar-refractivity contribution in [3.63, 3.8) is 0 Å². The third-order valence-electron chi connectivity index (χ3n) is 4.45. The maximum atomic E-state index is 3.72. The summed E-state index contributed by atoms with van der Waals surface area (Å²) in [4.78, 5) is 2.70. The minimum Gasteiger partial charge on any atom is -0.307 e. The molecule has 0 amide bonds. The predicted molar refractivity (Wildman–Crippen MR) is 82.3 cm³/mol. The molecule has 3 atom stereocenters. The van der Waals surface area contributed by atoms with E-state index in [4.69, 9.17) is 0 Å². The van der Waals surface area contributed by atoms with Gasteiger partial charge in [-0.3, -0.25) is 4.90 Å². The standard InChI is InChI=1S/C17H28N2/c1-4-14(3)12-19-13-17(18-11-16(19)5-2)15-9-7-6-8-10-15/h6-10,14,16-18H,4-5,11-13H2,1-3H3. The number of benzene rings is 1. The van der Waals surface area contributed by atoms with Gasteiger partial charge in [0.25, 0.3) is 0 Å². The lowest BCUT2D eigenvalue weighted by atomic mass is 9.98. The SMILES string of the molecule is CCC(C)CN1CC(c2ccccc2)NCC1CC. The van der Waals surface area contributed by atoms with E-state index >= 15 is 0 Å². The van der Waals surface area contributed by atoms with E-state index < -0.39 is 0 Å². The minimum atomic E-state index is 0.494. The van der Waals surface area contributed by atoms with Crippen molar-refractivity contribution in [1.29, 1.82) is 0 Å². The Kier molecular flexibility index (Phi) is 5.41. The van der Waals surface area contributed by atoms with Crippen molar-refractivity contribution in [2.75, 3.05) is 19.6 Å². The first-order chi connectivity index (χ1) is 9.24. The molecule has 2 heteroatoms. The summed E-state index contributed by atoms with van der Waals surface area (Å²) in [6, 6.07) is 12.1. The van der Waals surface area contributed by atoms with Gasteiger partial charge in [-0.1, -0.05) is 57.5 Å². The van der Waals surface area contributed by atoms with Crippen LogP contribution >= 0.6 is 0 Å². The van der Waals surface area contributed by atoms with Crippen molar-refractivity contribution in [1.82, 2.24) is 10.2 Å². The van der Waals surface area contributed by atoms with Gasteiger partial charge in [-0.25, -0.2) is 0 Å². The third kappa shape index (κ3) is 3.80. The summed E-state index contributed by atoms with van der Waals surface area (Å²) in [6.07, 6.45) is 2.52. The monoisotopic (exact) mass is 260 g/mol. The van der Waals surface area contributed by atoms with Crippen LogP contribution in [0.1, 0.15) is 45.2 Å². The van der Waals surface area contributed by atoms with E-state index in [0.717, 1.165) is 19.0 Å². The highest BCUT2D eigenvalue weighted by Gasteiger charge is 2.27. The van der Waals surface area contributed by atoms with Crippen LogP contribution in [0.25, 0.3) is 0 Å². The van der Waals surface area contributed by atoms with E-state index in [9.17, 15) is 0 Å². The minimum absolute atomic E-state index is 0.494. The molecule has 1 N–H and O–H groups in total. The second-order valence-electron chi connectivity index (χ2n) is 5.90. The molecule has 1 aliphatic heterocycles. The van der Waals surface area contributed by atoms with Crippen LogP contribution in [0.2, 0.25) is 0 Å². The Bertz CT molecular complexity index is 363. The quantitative estimate of drug-likeness (QED) is 0.872. The Morgan fingerprint density at radius 2 is 2.00 bits per heavy atom. The van der Waals surface area contributed by atoms with E-state index in [0.29, 0.717) is 12.1 Å². The van der Waals surface area contributed by atoms with Crippen molar-refractivity contribution in [2.45, 2.75) is 45.7 Å². The number of piperazine rings is 1. The average Bonchev–Trinajstić information content (AvgIpc) is 2.48. The molecule has 0 radical (unpaired) electrons. The van der Waals surface area contributed by atoms with Gasteiger partial charge >= 0.3 is 0 Å². The summed E-state index contributed by atoms with van der Waals surface area (Å²) in [7, 11) is 0. The van der Waals surface area contributed by atoms with Gasteiger partial charge in [0, 0.05) is 31.7 Å². The maximum Gasteiger partial charge on any atom is 0.0449 e. The summed E-state index contributed by atoms with van der Waals surface area (Å²) in [5.74, 6) is 0.795.